The molecular weight excluding hydrogens is 294 g/mol. The highest BCUT2D eigenvalue weighted by Crippen LogP contribution is 2.27. The predicted octanol–water partition coefficient (Wildman–Crippen LogP) is 3.39. The van der Waals surface area contributed by atoms with E-state index in [1.54, 1.807) is 0 Å². The first-order chi connectivity index (χ1) is 8.60. The van der Waals surface area contributed by atoms with Crippen molar-refractivity contribution < 1.29 is 0 Å². The third-order valence-electron chi connectivity index (χ3n) is 2.81. The van der Waals surface area contributed by atoms with E-state index in [2.05, 4.69) is 44.7 Å². The van der Waals surface area contributed by atoms with Crippen molar-refractivity contribution in [1.82, 2.24) is 9.97 Å². The molecule has 0 amide bonds. The van der Waals surface area contributed by atoms with E-state index in [9.17, 15) is 4.79 Å². The standard InChI is InChI=1S/C13H16BrN3O/c1-3-4-5-8(2)15-10-7-12-11(6-9(10)14)16-13(18)17-12/h3,6-8,15H,1,4-5H2,2H3,(H2,16,17,18). The minimum absolute atomic E-state index is 0.186. The fraction of sp³-hybridized carbons (Fsp3) is 0.308. The van der Waals surface area contributed by atoms with Gasteiger partial charge in [0.15, 0.2) is 0 Å². The molecule has 96 valence electrons. The van der Waals surface area contributed by atoms with Crippen LogP contribution < -0.4 is 11.0 Å². The Hall–Kier alpha value is -1.49. The monoisotopic (exact) mass is 309 g/mol. The van der Waals surface area contributed by atoms with Gasteiger partial charge in [-0.3, -0.25) is 0 Å². The Kier molecular flexibility index (Phi) is 3.91. The number of rotatable bonds is 5. The number of aromatic amines is 2. The first kappa shape index (κ1) is 13.0. The molecule has 0 aliphatic carbocycles. The van der Waals surface area contributed by atoms with Gasteiger partial charge in [0.1, 0.15) is 0 Å². The van der Waals surface area contributed by atoms with Crippen molar-refractivity contribution in [3.05, 3.63) is 39.7 Å². The van der Waals surface area contributed by atoms with Crippen molar-refractivity contribution in [3.8, 4) is 0 Å². The molecule has 1 heterocycles. The molecule has 1 aromatic heterocycles. The zero-order chi connectivity index (χ0) is 13.1. The number of imidazole rings is 1. The van der Waals surface area contributed by atoms with Crippen LogP contribution in [0.5, 0.6) is 0 Å². The van der Waals surface area contributed by atoms with Crippen LogP contribution in [0.1, 0.15) is 19.8 Å². The van der Waals surface area contributed by atoms with Gasteiger partial charge in [0.25, 0.3) is 0 Å². The summed E-state index contributed by atoms with van der Waals surface area (Å²) in [5.41, 5.74) is 2.40. The van der Waals surface area contributed by atoms with Gasteiger partial charge in [0.2, 0.25) is 0 Å². The highest BCUT2D eigenvalue weighted by molar-refractivity contribution is 9.10. The molecule has 0 saturated carbocycles. The summed E-state index contributed by atoms with van der Waals surface area (Å²) in [5.74, 6) is 0. The Morgan fingerprint density at radius 1 is 1.44 bits per heavy atom. The van der Waals surface area contributed by atoms with Crippen LogP contribution in [0.15, 0.2) is 34.1 Å². The van der Waals surface area contributed by atoms with E-state index >= 15 is 0 Å². The zero-order valence-corrected chi connectivity index (χ0v) is 11.8. The molecule has 1 atom stereocenters. The van der Waals surface area contributed by atoms with Gasteiger partial charge in [-0.2, -0.15) is 0 Å². The van der Waals surface area contributed by atoms with E-state index in [1.807, 2.05) is 18.2 Å². The molecular formula is C13H16BrN3O. The van der Waals surface area contributed by atoms with Crippen molar-refractivity contribution in [2.45, 2.75) is 25.8 Å². The van der Waals surface area contributed by atoms with Crippen molar-refractivity contribution in [1.29, 1.82) is 0 Å². The molecule has 0 spiro atoms. The lowest BCUT2D eigenvalue weighted by Crippen LogP contribution is -2.14. The molecule has 1 aromatic carbocycles. The summed E-state index contributed by atoms with van der Waals surface area (Å²) in [6, 6.07) is 4.18. The fourth-order valence-electron chi connectivity index (χ4n) is 1.87. The molecule has 1 unspecified atom stereocenters. The molecule has 0 aliphatic heterocycles. The second-order valence-electron chi connectivity index (χ2n) is 4.37. The van der Waals surface area contributed by atoms with Crippen LogP contribution in [0.4, 0.5) is 5.69 Å². The smallest absolute Gasteiger partial charge is 0.323 e. The number of H-pyrrole nitrogens is 2. The molecule has 18 heavy (non-hydrogen) atoms. The molecule has 0 radical (unpaired) electrons. The van der Waals surface area contributed by atoms with E-state index < -0.39 is 0 Å². The highest BCUT2D eigenvalue weighted by atomic mass is 79.9. The summed E-state index contributed by atoms with van der Waals surface area (Å²) in [4.78, 5) is 16.7. The first-order valence-corrected chi connectivity index (χ1v) is 6.68. The minimum Gasteiger partial charge on any atom is -0.382 e. The Morgan fingerprint density at radius 2 is 2.11 bits per heavy atom. The lowest BCUT2D eigenvalue weighted by Gasteiger charge is -2.15. The molecule has 2 rings (SSSR count). The lowest BCUT2D eigenvalue weighted by atomic mass is 10.1. The summed E-state index contributed by atoms with van der Waals surface area (Å²) in [5, 5.41) is 3.42. The normalized spacial score (nSPS) is 12.6. The van der Waals surface area contributed by atoms with E-state index in [4.69, 9.17) is 0 Å². The van der Waals surface area contributed by atoms with Gasteiger partial charge in [-0.05, 0) is 47.8 Å². The van der Waals surface area contributed by atoms with Crippen molar-refractivity contribution >= 4 is 32.7 Å². The number of hydrogen-bond acceptors (Lipinski definition) is 2. The first-order valence-electron chi connectivity index (χ1n) is 5.89. The SMILES string of the molecule is C=CCCC(C)Nc1cc2[nH]c(=O)[nH]c2cc1Br. The molecule has 0 fully saturated rings. The average Bonchev–Trinajstić information content (AvgIpc) is 2.66. The number of hydrogen-bond donors (Lipinski definition) is 3. The van der Waals surface area contributed by atoms with Crippen LogP contribution >= 0.6 is 15.9 Å². The topological polar surface area (TPSA) is 60.7 Å². The number of nitrogens with one attached hydrogen (secondary N) is 3. The number of anilines is 1. The summed E-state index contributed by atoms with van der Waals surface area (Å²) >= 11 is 3.50. The Labute approximate surface area is 114 Å². The van der Waals surface area contributed by atoms with Crippen LogP contribution in [0.25, 0.3) is 11.0 Å². The van der Waals surface area contributed by atoms with Gasteiger partial charge in [-0.1, -0.05) is 6.08 Å². The number of aromatic nitrogens is 2. The van der Waals surface area contributed by atoms with E-state index in [1.165, 1.54) is 0 Å². The molecule has 5 heteroatoms. The maximum absolute atomic E-state index is 11.2. The van der Waals surface area contributed by atoms with Gasteiger partial charge >= 0.3 is 5.69 Å². The van der Waals surface area contributed by atoms with Crippen LogP contribution in [0, 0.1) is 0 Å². The van der Waals surface area contributed by atoms with Crippen LogP contribution in [0.2, 0.25) is 0 Å². The van der Waals surface area contributed by atoms with Gasteiger partial charge in [-0.25, -0.2) is 4.79 Å². The molecule has 2 aromatic rings. The maximum atomic E-state index is 11.2. The summed E-state index contributed by atoms with van der Waals surface area (Å²) in [7, 11) is 0. The predicted molar refractivity (Wildman–Crippen MR) is 79.1 cm³/mol. The van der Waals surface area contributed by atoms with Crippen molar-refractivity contribution in [2.75, 3.05) is 5.32 Å². The van der Waals surface area contributed by atoms with Crippen molar-refractivity contribution in [3.63, 3.8) is 0 Å². The summed E-state index contributed by atoms with van der Waals surface area (Å²) in [6.45, 7) is 5.85. The Bertz CT molecular complexity index is 614. The van der Waals surface area contributed by atoms with Gasteiger partial charge in [0.05, 0.1) is 16.7 Å². The average molecular weight is 310 g/mol. The molecule has 3 N–H and O–H groups in total. The van der Waals surface area contributed by atoms with Crippen LogP contribution in [-0.4, -0.2) is 16.0 Å². The van der Waals surface area contributed by atoms with Crippen molar-refractivity contribution in [2.24, 2.45) is 0 Å². The highest BCUT2D eigenvalue weighted by Gasteiger charge is 2.07. The molecule has 0 aliphatic rings. The number of benzene rings is 1. The summed E-state index contributed by atoms with van der Waals surface area (Å²) < 4.78 is 0.940. The number of halogens is 1. The van der Waals surface area contributed by atoms with E-state index in [0.717, 1.165) is 34.0 Å². The van der Waals surface area contributed by atoms with Gasteiger partial charge in [0, 0.05) is 10.5 Å². The maximum Gasteiger partial charge on any atom is 0.323 e. The molecule has 0 bridgehead atoms. The van der Waals surface area contributed by atoms with Gasteiger partial charge < -0.3 is 15.3 Å². The zero-order valence-electron chi connectivity index (χ0n) is 10.2. The minimum atomic E-state index is -0.186. The Balaban J connectivity index is 2.24. The van der Waals surface area contributed by atoms with Crippen LogP contribution in [-0.2, 0) is 0 Å². The third-order valence-corrected chi connectivity index (χ3v) is 3.47. The quantitative estimate of drug-likeness (QED) is 0.741. The van der Waals surface area contributed by atoms with Gasteiger partial charge in [-0.15, -0.1) is 6.58 Å². The van der Waals surface area contributed by atoms with E-state index in [-0.39, 0.29) is 5.69 Å². The molecule has 4 nitrogen and oxygen atoms in total. The lowest BCUT2D eigenvalue weighted by molar-refractivity contribution is 0.719. The molecule has 0 saturated heterocycles. The fourth-order valence-corrected chi connectivity index (χ4v) is 2.33. The third kappa shape index (κ3) is 2.85. The second kappa shape index (κ2) is 5.44. The van der Waals surface area contributed by atoms with Crippen LogP contribution in [0.3, 0.4) is 0 Å². The number of allylic oxidation sites excluding steroid dienone is 1. The summed E-state index contributed by atoms with van der Waals surface area (Å²) in [6.07, 6.45) is 3.92. The Morgan fingerprint density at radius 3 is 2.78 bits per heavy atom. The largest absolute Gasteiger partial charge is 0.382 e. The van der Waals surface area contributed by atoms with E-state index in [0.29, 0.717) is 6.04 Å². The number of fused-ring (bicyclic) bond motifs is 1. The second-order valence-corrected chi connectivity index (χ2v) is 5.22.